The van der Waals surface area contributed by atoms with Crippen LogP contribution in [0.5, 0.6) is 0 Å². The molecule has 0 amide bonds. The van der Waals surface area contributed by atoms with Crippen LogP contribution in [0.1, 0.15) is 28.3 Å². The number of aryl methyl sites for hydroxylation is 2. The Balaban J connectivity index is 2.18. The highest BCUT2D eigenvalue weighted by molar-refractivity contribution is 7.12. The van der Waals surface area contributed by atoms with Crippen molar-refractivity contribution < 1.29 is 0 Å². The Labute approximate surface area is 111 Å². The zero-order valence-electron chi connectivity index (χ0n) is 10.3. The molecule has 17 heavy (non-hydrogen) atoms. The van der Waals surface area contributed by atoms with Gasteiger partial charge in [0.1, 0.15) is 0 Å². The lowest BCUT2D eigenvalue weighted by molar-refractivity contribution is 0.905. The van der Waals surface area contributed by atoms with E-state index in [0.717, 1.165) is 10.7 Å². The number of benzene rings is 1. The molecule has 0 radical (unpaired) electrons. The van der Waals surface area contributed by atoms with Crippen molar-refractivity contribution in [3.8, 4) is 0 Å². The maximum absolute atomic E-state index is 6.01. The molecular formula is C14H16ClNS. The Hall–Kier alpha value is -0.990. The topological polar surface area (TPSA) is 12.0 Å². The molecule has 1 nitrogen and oxygen atoms in total. The predicted molar refractivity (Wildman–Crippen MR) is 77.3 cm³/mol. The van der Waals surface area contributed by atoms with Crippen LogP contribution in [0.4, 0.5) is 5.69 Å². The van der Waals surface area contributed by atoms with Gasteiger partial charge in [-0.3, -0.25) is 0 Å². The molecule has 1 unspecified atom stereocenters. The summed E-state index contributed by atoms with van der Waals surface area (Å²) in [6.45, 7) is 6.39. The van der Waals surface area contributed by atoms with Crippen LogP contribution in [-0.4, -0.2) is 0 Å². The van der Waals surface area contributed by atoms with Gasteiger partial charge in [0, 0.05) is 20.5 Å². The first kappa shape index (κ1) is 12.5. The van der Waals surface area contributed by atoms with E-state index in [0.29, 0.717) is 6.04 Å². The van der Waals surface area contributed by atoms with Gasteiger partial charge in [0.2, 0.25) is 0 Å². The average Bonchev–Trinajstić information content (AvgIpc) is 2.70. The van der Waals surface area contributed by atoms with Gasteiger partial charge in [-0.15, -0.1) is 11.3 Å². The first-order valence-electron chi connectivity index (χ1n) is 5.65. The molecule has 0 fully saturated rings. The van der Waals surface area contributed by atoms with E-state index in [1.165, 1.54) is 15.3 Å². The number of nitrogens with one attached hydrogen (secondary N) is 1. The number of hydrogen-bond donors (Lipinski definition) is 1. The second kappa shape index (κ2) is 5.11. The fourth-order valence-corrected chi connectivity index (χ4v) is 2.79. The van der Waals surface area contributed by atoms with E-state index in [1.54, 1.807) is 0 Å². The zero-order valence-corrected chi connectivity index (χ0v) is 11.8. The molecule has 0 saturated heterocycles. The van der Waals surface area contributed by atoms with E-state index < -0.39 is 0 Å². The number of hydrogen-bond acceptors (Lipinski definition) is 2. The van der Waals surface area contributed by atoms with Gasteiger partial charge in [0.25, 0.3) is 0 Å². The molecule has 0 saturated carbocycles. The summed E-state index contributed by atoms with van der Waals surface area (Å²) in [5.41, 5.74) is 2.32. The molecule has 3 heteroatoms. The molecule has 90 valence electrons. The summed E-state index contributed by atoms with van der Waals surface area (Å²) in [5, 5.41) is 4.28. The van der Waals surface area contributed by atoms with Crippen molar-refractivity contribution in [1.29, 1.82) is 0 Å². The van der Waals surface area contributed by atoms with Gasteiger partial charge >= 0.3 is 0 Å². The molecule has 1 N–H and O–H groups in total. The van der Waals surface area contributed by atoms with Gasteiger partial charge < -0.3 is 5.32 Å². The number of halogens is 1. The van der Waals surface area contributed by atoms with Crippen LogP contribution >= 0.6 is 22.9 Å². The molecule has 1 atom stereocenters. The highest BCUT2D eigenvalue weighted by Gasteiger charge is 2.09. The molecular weight excluding hydrogens is 250 g/mol. The summed E-state index contributed by atoms with van der Waals surface area (Å²) in [6, 6.07) is 10.6. The standard InChI is InChI=1S/C14H16ClNS/c1-9-4-6-12(15)8-13(9)16-11(3)14-7-5-10(2)17-14/h4-8,11,16H,1-3H3. The fourth-order valence-electron chi connectivity index (χ4n) is 1.74. The summed E-state index contributed by atoms with van der Waals surface area (Å²) in [5.74, 6) is 0. The van der Waals surface area contributed by atoms with E-state index in [4.69, 9.17) is 11.6 Å². The van der Waals surface area contributed by atoms with Crippen LogP contribution in [0.3, 0.4) is 0 Å². The molecule has 2 rings (SSSR count). The van der Waals surface area contributed by atoms with Crippen LogP contribution in [-0.2, 0) is 0 Å². The second-order valence-electron chi connectivity index (χ2n) is 4.27. The first-order valence-corrected chi connectivity index (χ1v) is 6.85. The number of thiophene rings is 1. The van der Waals surface area contributed by atoms with Crippen molar-refractivity contribution >= 4 is 28.6 Å². The molecule has 0 spiro atoms. The minimum atomic E-state index is 0.311. The summed E-state index contributed by atoms with van der Waals surface area (Å²) in [6.07, 6.45) is 0. The Morgan fingerprint density at radius 3 is 2.59 bits per heavy atom. The van der Waals surface area contributed by atoms with Gasteiger partial charge in [-0.25, -0.2) is 0 Å². The highest BCUT2D eigenvalue weighted by Crippen LogP contribution is 2.28. The van der Waals surface area contributed by atoms with E-state index >= 15 is 0 Å². The van der Waals surface area contributed by atoms with E-state index in [2.05, 4.69) is 38.2 Å². The Bertz CT molecular complexity index is 519. The van der Waals surface area contributed by atoms with Crippen LogP contribution < -0.4 is 5.32 Å². The number of rotatable bonds is 3. The Morgan fingerprint density at radius 2 is 1.94 bits per heavy atom. The molecule has 0 aliphatic heterocycles. The molecule has 0 bridgehead atoms. The quantitative estimate of drug-likeness (QED) is 0.805. The first-order chi connectivity index (χ1) is 8.06. The van der Waals surface area contributed by atoms with E-state index in [-0.39, 0.29) is 0 Å². The molecule has 0 aliphatic rings. The van der Waals surface area contributed by atoms with Crippen molar-refractivity contribution in [2.45, 2.75) is 26.8 Å². The lowest BCUT2D eigenvalue weighted by Gasteiger charge is -2.16. The van der Waals surface area contributed by atoms with Crippen LogP contribution in [0.25, 0.3) is 0 Å². The molecule has 1 heterocycles. The van der Waals surface area contributed by atoms with Gasteiger partial charge in [-0.2, -0.15) is 0 Å². The third-order valence-corrected chi connectivity index (χ3v) is 4.18. The monoisotopic (exact) mass is 265 g/mol. The van der Waals surface area contributed by atoms with Crippen LogP contribution in [0.15, 0.2) is 30.3 Å². The molecule has 2 aromatic rings. The maximum Gasteiger partial charge on any atom is 0.0578 e. The molecule has 1 aromatic heterocycles. The normalized spacial score (nSPS) is 12.5. The second-order valence-corrected chi connectivity index (χ2v) is 6.03. The predicted octanol–water partition coefficient (Wildman–Crippen LogP) is 5.19. The van der Waals surface area contributed by atoms with E-state index in [1.807, 2.05) is 29.5 Å². The van der Waals surface area contributed by atoms with Crippen molar-refractivity contribution in [2.75, 3.05) is 5.32 Å². The van der Waals surface area contributed by atoms with Gasteiger partial charge in [0.05, 0.1) is 6.04 Å². The Morgan fingerprint density at radius 1 is 1.18 bits per heavy atom. The van der Waals surface area contributed by atoms with Crippen molar-refractivity contribution in [3.63, 3.8) is 0 Å². The minimum absolute atomic E-state index is 0.311. The fraction of sp³-hybridized carbons (Fsp3) is 0.286. The third kappa shape index (κ3) is 3.02. The lowest BCUT2D eigenvalue weighted by Crippen LogP contribution is -2.05. The van der Waals surface area contributed by atoms with E-state index in [9.17, 15) is 0 Å². The summed E-state index contributed by atoms with van der Waals surface area (Å²) >= 11 is 7.84. The maximum atomic E-state index is 6.01. The lowest BCUT2D eigenvalue weighted by atomic mass is 10.1. The minimum Gasteiger partial charge on any atom is -0.377 e. The summed E-state index contributed by atoms with van der Waals surface area (Å²) in [7, 11) is 0. The van der Waals surface area contributed by atoms with Gasteiger partial charge in [0.15, 0.2) is 0 Å². The SMILES string of the molecule is Cc1ccc(C(C)Nc2cc(Cl)ccc2C)s1. The van der Waals surface area contributed by atoms with Crippen molar-refractivity contribution in [3.05, 3.63) is 50.7 Å². The van der Waals surface area contributed by atoms with Crippen molar-refractivity contribution in [1.82, 2.24) is 0 Å². The molecule has 0 aliphatic carbocycles. The highest BCUT2D eigenvalue weighted by atomic mass is 35.5. The third-order valence-electron chi connectivity index (χ3n) is 2.76. The van der Waals surface area contributed by atoms with Crippen LogP contribution in [0.2, 0.25) is 5.02 Å². The van der Waals surface area contributed by atoms with Crippen LogP contribution in [0, 0.1) is 13.8 Å². The zero-order chi connectivity index (χ0) is 12.4. The van der Waals surface area contributed by atoms with Crippen molar-refractivity contribution in [2.24, 2.45) is 0 Å². The average molecular weight is 266 g/mol. The Kier molecular flexibility index (Phi) is 3.75. The van der Waals surface area contributed by atoms with Gasteiger partial charge in [-0.05, 0) is 50.6 Å². The number of anilines is 1. The summed E-state index contributed by atoms with van der Waals surface area (Å²) in [4.78, 5) is 2.69. The largest absolute Gasteiger partial charge is 0.377 e. The summed E-state index contributed by atoms with van der Waals surface area (Å²) < 4.78 is 0. The van der Waals surface area contributed by atoms with Gasteiger partial charge in [-0.1, -0.05) is 17.7 Å². The smallest absolute Gasteiger partial charge is 0.0578 e. The molecule has 1 aromatic carbocycles.